The number of ether oxygens (including phenoxy) is 1. The Balaban J connectivity index is 3.91. The number of aliphatic carboxylic acids is 1. The Morgan fingerprint density at radius 3 is 1.82 bits per heavy atom. The first kappa shape index (κ1) is 32.4. The van der Waals surface area contributed by atoms with Crippen LogP contribution in [0.4, 0.5) is 0 Å². The summed E-state index contributed by atoms with van der Waals surface area (Å²) in [5, 5.41) is 8.72. The van der Waals surface area contributed by atoms with Gasteiger partial charge in [-0.3, -0.25) is 9.59 Å². The van der Waals surface area contributed by atoms with Crippen molar-refractivity contribution in [2.45, 2.75) is 155 Å². The zero-order valence-corrected chi connectivity index (χ0v) is 22.4. The normalized spacial score (nSPS) is 12.5. The lowest BCUT2D eigenvalue weighted by atomic mass is 10.1. The lowest BCUT2D eigenvalue weighted by molar-refractivity contribution is -0.147. The molecule has 0 saturated carbocycles. The van der Waals surface area contributed by atoms with Crippen LogP contribution in [0.25, 0.3) is 0 Å². The molecule has 198 valence electrons. The average molecular weight is 479 g/mol. The second kappa shape index (κ2) is 26.0. The van der Waals surface area contributed by atoms with Gasteiger partial charge in [-0.15, -0.1) is 0 Å². The molecule has 1 atom stereocenters. The average Bonchev–Trinajstić information content (AvgIpc) is 2.81. The number of carbonyl (C=O) groups is 2. The molecule has 0 aliphatic rings. The number of allylic oxidation sites excluding steroid dienone is 3. The molecule has 0 amide bonds. The molecule has 0 saturated heterocycles. The fourth-order valence-corrected chi connectivity index (χ4v) is 3.95. The van der Waals surface area contributed by atoms with Crippen LogP contribution in [-0.4, -0.2) is 23.1 Å². The van der Waals surface area contributed by atoms with Crippen molar-refractivity contribution in [1.82, 2.24) is 0 Å². The minimum atomic E-state index is -0.726. The van der Waals surface area contributed by atoms with E-state index in [1.165, 1.54) is 57.8 Å². The molecule has 0 spiro atoms. The minimum absolute atomic E-state index is 0.0815. The molecule has 0 aromatic heterocycles. The largest absolute Gasteiger partial charge is 0.481 e. The van der Waals surface area contributed by atoms with Crippen LogP contribution in [0.1, 0.15) is 149 Å². The molecule has 4 heteroatoms. The summed E-state index contributed by atoms with van der Waals surface area (Å²) >= 11 is 0. The number of hydrogen-bond donors (Lipinski definition) is 1. The van der Waals surface area contributed by atoms with Crippen molar-refractivity contribution in [2.75, 3.05) is 0 Å². The van der Waals surface area contributed by atoms with Crippen molar-refractivity contribution in [3.05, 3.63) is 24.3 Å². The van der Waals surface area contributed by atoms with E-state index in [1.54, 1.807) is 0 Å². The third-order valence-corrected chi connectivity index (χ3v) is 6.13. The molecule has 0 bridgehead atoms. The van der Waals surface area contributed by atoms with Gasteiger partial charge in [-0.05, 0) is 63.9 Å². The van der Waals surface area contributed by atoms with Crippen LogP contribution in [0, 0.1) is 0 Å². The zero-order valence-electron chi connectivity index (χ0n) is 22.4. The van der Waals surface area contributed by atoms with Gasteiger partial charge in [0.25, 0.3) is 0 Å². The van der Waals surface area contributed by atoms with Crippen LogP contribution in [0.15, 0.2) is 24.3 Å². The Bertz CT molecular complexity index is 524. The number of rotatable bonds is 25. The molecule has 4 nitrogen and oxygen atoms in total. The minimum Gasteiger partial charge on any atom is -0.481 e. The molecule has 0 aliphatic carbocycles. The Labute approximate surface area is 210 Å². The monoisotopic (exact) mass is 478 g/mol. The number of carboxylic acids is 1. The molecular weight excluding hydrogens is 424 g/mol. The Hall–Kier alpha value is -1.58. The van der Waals surface area contributed by atoms with Crippen LogP contribution in [-0.2, 0) is 14.3 Å². The highest BCUT2D eigenvalue weighted by molar-refractivity contribution is 5.69. The van der Waals surface area contributed by atoms with Crippen molar-refractivity contribution in [3.8, 4) is 0 Å². The Morgan fingerprint density at radius 1 is 0.647 bits per heavy atom. The number of unbranched alkanes of at least 4 members (excludes halogenated alkanes) is 14. The molecule has 1 unspecified atom stereocenters. The zero-order chi connectivity index (χ0) is 25.1. The van der Waals surface area contributed by atoms with E-state index in [-0.39, 0.29) is 18.5 Å². The molecular formula is C30H54O4. The number of carbonyl (C=O) groups excluding carboxylic acids is 1. The molecule has 0 radical (unpaired) electrons. The molecule has 0 aromatic carbocycles. The van der Waals surface area contributed by atoms with Gasteiger partial charge in [0.2, 0.25) is 0 Å². The van der Waals surface area contributed by atoms with Crippen LogP contribution >= 0.6 is 0 Å². The predicted molar refractivity (Wildman–Crippen MR) is 144 cm³/mol. The summed E-state index contributed by atoms with van der Waals surface area (Å²) in [7, 11) is 0. The van der Waals surface area contributed by atoms with Gasteiger partial charge in [0.15, 0.2) is 0 Å². The van der Waals surface area contributed by atoms with Crippen molar-refractivity contribution < 1.29 is 19.4 Å². The fourth-order valence-electron chi connectivity index (χ4n) is 3.95. The number of carboxylic acid groups (broad SMARTS) is 1. The maximum atomic E-state index is 12.3. The van der Waals surface area contributed by atoms with Gasteiger partial charge in [-0.25, -0.2) is 0 Å². The van der Waals surface area contributed by atoms with E-state index >= 15 is 0 Å². The summed E-state index contributed by atoms with van der Waals surface area (Å²) < 4.78 is 5.75. The van der Waals surface area contributed by atoms with Gasteiger partial charge in [-0.1, -0.05) is 96.3 Å². The number of hydrogen-bond acceptors (Lipinski definition) is 3. The molecule has 0 aliphatic heterocycles. The third kappa shape index (κ3) is 25.1. The molecule has 1 N–H and O–H groups in total. The fraction of sp³-hybridized carbons (Fsp3) is 0.800. The maximum Gasteiger partial charge on any atom is 0.306 e. The van der Waals surface area contributed by atoms with Gasteiger partial charge in [0.1, 0.15) is 6.10 Å². The van der Waals surface area contributed by atoms with Crippen molar-refractivity contribution >= 4 is 11.9 Å². The van der Waals surface area contributed by atoms with Gasteiger partial charge in [0.05, 0.1) is 0 Å². The highest BCUT2D eigenvalue weighted by Crippen LogP contribution is 2.14. The molecule has 0 heterocycles. The van der Waals surface area contributed by atoms with Gasteiger partial charge >= 0.3 is 11.9 Å². The summed E-state index contributed by atoms with van der Waals surface area (Å²) in [5.41, 5.74) is 0. The first-order valence-corrected chi connectivity index (χ1v) is 14.3. The van der Waals surface area contributed by atoms with E-state index in [4.69, 9.17) is 9.84 Å². The third-order valence-electron chi connectivity index (χ3n) is 6.13. The highest BCUT2D eigenvalue weighted by atomic mass is 16.5. The molecule has 0 aromatic rings. The summed E-state index contributed by atoms with van der Waals surface area (Å²) in [6.45, 7) is 4.43. The van der Waals surface area contributed by atoms with Crippen LogP contribution in [0.3, 0.4) is 0 Å². The summed E-state index contributed by atoms with van der Waals surface area (Å²) in [5.74, 6) is -0.808. The van der Waals surface area contributed by atoms with Crippen molar-refractivity contribution in [3.63, 3.8) is 0 Å². The second-order valence-electron chi connectivity index (χ2n) is 9.57. The summed E-state index contributed by atoms with van der Waals surface area (Å²) in [6.07, 6.45) is 30.7. The van der Waals surface area contributed by atoms with Crippen molar-refractivity contribution in [1.29, 1.82) is 0 Å². The topological polar surface area (TPSA) is 63.6 Å². The number of esters is 1. The molecule has 0 rings (SSSR count). The highest BCUT2D eigenvalue weighted by Gasteiger charge is 2.11. The Morgan fingerprint density at radius 2 is 1.18 bits per heavy atom. The van der Waals surface area contributed by atoms with E-state index in [2.05, 4.69) is 38.2 Å². The smallest absolute Gasteiger partial charge is 0.306 e. The second-order valence-corrected chi connectivity index (χ2v) is 9.57. The predicted octanol–water partition coefficient (Wildman–Crippen LogP) is 9.33. The summed E-state index contributed by atoms with van der Waals surface area (Å²) in [6, 6.07) is 0. The molecule has 34 heavy (non-hydrogen) atoms. The summed E-state index contributed by atoms with van der Waals surface area (Å²) in [4.78, 5) is 22.9. The van der Waals surface area contributed by atoms with Crippen molar-refractivity contribution in [2.24, 2.45) is 0 Å². The van der Waals surface area contributed by atoms with E-state index in [1.807, 2.05) is 0 Å². The van der Waals surface area contributed by atoms with Crippen LogP contribution < -0.4 is 0 Å². The van der Waals surface area contributed by atoms with Gasteiger partial charge in [0, 0.05) is 12.8 Å². The van der Waals surface area contributed by atoms with Gasteiger partial charge < -0.3 is 9.84 Å². The molecule has 0 fully saturated rings. The van der Waals surface area contributed by atoms with E-state index < -0.39 is 5.97 Å². The van der Waals surface area contributed by atoms with Crippen LogP contribution in [0.5, 0.6) is 0 Å². The van der Waals surface area contributed by atoms with E-state index in [9.17, 15) is 9.59 Å². The van der Waals surface area contributed by atoms with Crippen LogP contribution in [0.2, 0.25) is 0 Å². The maximum absolute atomic E-state index is 12.3. The lowest BCUT2D eigenvalue weighted by Gasteiger charge is -2.14. The first-order chi connectivity index (χ1) is 16.6. The first-order valence-electron chi connectivity index (χ1n) is 14.3. The van der Waals surface area contributed by atoms with Gasteiger partial charge in [-0.2, -0.15) is 0 Å². The standard InChI is InChI=1S/C30H54O4/c1-3-5-7-9-10-11-12-13-14-15-16-17-23-27-30(33)34-28(24-20-8-6-4-2)25-21-18-19-22-26-29(31)32/h11-12,20,24,28H,3-10,13-19,21-23,25-27H2,1-2H3,(H,31,32)/b12-11-,24-20-. The lowest BCUT2D eigenvalue weighted by Crippen LogP contribution is -2.16. The van der Waals surface area contributed by atoms with E-state index in [0.29, 0.717) is 6.42 Å². The quantitative estimate of drug-likeness (QED) is 0.0806. The van der Waals surface area contributed by atoms with E-state index in [0.717, 1.165) is 64.2 Å². The Kier molecular flexibility index (Phi) is 24.8. The SMILES string of the molecule is CCCC/C=C\C(CCCCCCC(=O)O)OC(=O)CCCCCCC/C=C\CCCCCC.